The van der Waals surface area contributed by atoms with Gasteiger partial charge >= 0.3 is 0 Å². The molecule has 3 heteroatoms. The molecule has 0 atom stereocenters. The van der Waals surface area contributed by atoms with Crippen LogP contribution in [0.5, 0.6) is 11.5 Å². The normalized spacial score (nSPS) is 15.5. The first-order chi connectivity index (χ1) is 12.9. The Morgan fingerprint density at radius 2 is 1.65 bits per heavy atom. The predicted molar refractivity (Wildman–Crippen MR) is 106 cm³/mol. The highest BCUT2D eigenvalue weighted by atomic mass is 16.5. The van der Waals surface area contributed by atoms with Crippen LogP contribution in [-0.4, -0.2) is 17.2 Å². The zero-order valence-electron chi connectivity index (χ0n) is 14.5. The van der Waals surface area contributed by atoms with Gasteiger partial charge in [-0.2, -0.15) is 0 Å². The van der Waals surface area contributed by atoms with Gasteiger partial charge in [-0.15, -0.1) is 0 Å². The summed E-state index contributed by atoms with van der Waals surface area (Å²) in [4.78, 5) is 8.96. The Morgan fingerprint density at radius 1 is 0.846 bits per heavy atom. The summed E-state index contributed by atoms with van der Waals surface area (Å²) >= 11 is 0. The maximum absolute atomic E-state index is 5.86. The molecule has 0 bridgehead atoms. The van der Waals surface area contributed by atoms with Gasteiger partial charge in [0.15, 0.2) is 0 Å². The number of nitrogens with zero attached hydrogens (tertiary/aromatic N) is 2. The van der Waals surface area contributed by atoms with E-state index < -0.39 is 0 Å². The Morgan fingerprint density at radius 3 is 2.42 bits per heavy atom. The largest absolute Gasteiger partial charge is 0.457 e. The van der Waals surface area contributed by atoms with E-state index in [0.717, 1.165) is 47.7 Å². The molecule has 0 N–H and O–H groups in total. The van der Waals surface area contributed by atoms with Crippen molar-refractivity contribution in [3.05, 3.63) is 95.8 Å². The van der Waals surface area contributed by atoms with Crippen molar-refractivity contribution in [1.82, 2.24) is 4.98 Å². The quantitative estimate of drug-likeness (QED) is 0.625. The van der Waals surface area contributed by atoms with Gasteiger partial charge in [-0.3, -0.25) is 9.98 Å². The number of allylic oxidation sites excluding steroid dienone is 1. The van der Waals surface area contributed by atoms with Crippen LogP contribution < -0.4 is 4.74 Å². The zero-order chi connectivity index (χ0) is 17.6. The van der Waals surface area contributed by atoms with Gasteiger partial charge in [0.25, 0.3) is 0 Å². The molecule has 0 spiro atoms. The lowest BCUT2D eigenvalue weighted by molar-refractivity contribution is 0.482. The lowest BCUT2D eigenvalue weighted by Gasteiger charge is -2.16. The van der Waals surface area contributed by atoms with Crippen molar-refractivity contribution in [2.75, 3.05) is 6.54 Å². The Labute approximate surface area is 153 Å². The summed E-state index contributed by atoms with van der Waals surface area (Å²) in [6.45, 7) is 0.880. The number of pyridine rings is 1. The van der Waals surface area contributed by atoms with Crippen LogP contribution in [0.4, 0.5) is 0 Å². The number of benzene rings is 2. The third-order valence-corrected chi connectivity index (χ3v) is 4.31. The van der Waals surface area contributed by atoms with E-state index in [1.807, 2.05) is 54.7 Å². The molecule has 1 aromatic heterocycles. The highest BCUT2D eigenvalue weighted by molar-refractivity contribution is 6.15. The SMILES string of the molecule is C(=C1/CCCN=C1c1cccnc1)/c1ccc(Oc2ccccc2)cc1. The molecule has 0 amide bonds. The standard InChI is InChI=1S/C23H20N2O/c1-2-8-21(9-3-1)26-22-12-10-18(11-13-22)16-19-6-5-15-25-23(19)20-7-4-14-24-17-20/h1-4,7-14,16-17H,5-6,15H2/b19-16+. The Hall–Kier alpha value is -3.20. The topological polar surface area (TPSA) is 34.5 Å². The van der Waals surface area contributed by atoms with E-state index in [9.17, 15) is 0 Å². The van der Waals surface area contributed by atoms with E-state index in [1.165, 1.54) is 5.57 Å². The van der Waals surface area contributed by atoms with Crippen molar-refractivity contribution in [2.24, 2.45) is 4.99 Å². The first kappa shape index (κ1) is 16.3. The maximum atomic E-state index is 5.86. The molecule has 1 aliphatic heterocycles. The fourth-order valence-corrected chi connectivity index (χ4v) is 3.06. The lowest BCUT2D eigenvalue weighted by atomic mass is 9.95. The number of aromatic nitrogens is 1. The minimum absolute atomic E-state index is 0.836. The summed E-state index contributed by atoms with van der Waals surface area (Å²) in [5.74, 6) is 1.68. The predicted octanol–water partition coefficient (Wildman–Crippen LogP) is 5.54. The van der Waals surface area contributed by atoms with Crippen molar-refractivity contribution in [3.63, 3.8) is 0 Å². The molecule has 0 saturated carbocycles. The molecule has 1 aliphatic rings. The van der Waals surface area contributed by atoms with Crippen molar-refractivity contribution in [2.45, 2.75) is 12.8 Å². The molecule has 128 valence electrons. The minimum Gasteiger partial charge on any atom is -0.457 e. The van der Waals surface area contributed by atoms with Gasteiger partial charge in [0.2, 0.25) is 0 Å². The fourth-order valence-electron chi connectivity index (χ4n) is 3.06. The lowest BCUT2D eigenvalue weighted by Crippen LogP contribution is -2.11. The smallest absolute Gasteiger partial charge is 0.127 e. The summed E-state index contributed by atoms with van der Waals surface area (Å²) in [5, 5.41) is 0. The van der Waals surface area contributed by atoms with Crippen LogP contribution in [0, 0.1) is 0 Å². The summed E-state index contributed by atoms with van der Waals surface area (Å²) in [5.41, 5.74) is 4.57. The number of hydrogen-bond donors (Lipinski definition) is 0. The third kappa shape index (κ3) is 3.89. The first-order valence-corrected chi connectivity index (χ1v) is 8.87. The van der Waals surface area contributed by atoms with Crippen LogP contribution in [0.15, 0.2) is 89.7 Å². The van der Waals surface area contributed by atoms with E-state index in [1.54, 1.807) is 6.20 Å². The molecule has 0 radical (unpaired) electrons. The number of ether oxygens (including phenoxy) is 1. The Bertz CT molecular complexity index is 913. The van der Waals surface area contributed by atoms with Crippen molar-refractivity contribution in [1.29, 1.82) is 0 Å². The van der Waals surface area contributed by atoms with Crippen LogP contribution in [-0.2, 0) is 0 Å². The summed E-state index contributed by atoms with van der Waals surface area (Å²) in [6.07, 6.45) is 8.02. The van der Waals surface area contributed by atoms with Crippen LogP contribution in [0.2, 0.25) is 0 Å². The minimum atomic E-state index is 0.836. The maximum Gasteiger partial charge on any atom is 0.127 e. The first-order valence-electron chi connectivity index (χ1n) is 8.87. The molecule has 4 rings (SSSR count). The third-order valence-electron chi connectivity index (χ3n) is 4.31. The highest BCUT2D eigenvalue weighted by Gasteiger charge is 2.14. The van der Waals surface area contributed by atoms with Crippen LogP contribution in [0.3, 0.4) is 0 Å². The molecule has 0 unspecified atom stereocenters. The number of hydrogen-bond acceptors (Lipinski definition) is 3. The highest BCUT2D eigenvalue weighted by Crippen LogP contribution is 2.25. The van der Waals surface area contributed by atoms with Gasteiger partial charge in [0, 0.05) is 24.5 Å². The van der Waals surface area contributed by atoms with E-state index in [4.69, 9.17) is 9.73 Å². The van der Waals surface area contributed by atoms with Gasteiger partial charge in [-0.1, -0.05) is 30.3 Å². The molecule has 2 heterocycles. The number of rotatable bonds is 4. The molecule has 2 aromatic carbocycles. The Balaban J connectivity index is 1.55. The van der Waals surface area contributed by atoms with E-state index in [2.05, 4.69) is 29.3 Å². The monoisotopic (exact) mass is 340 g/mol. The second-order valence-corrected chi connectivity index (χ2v) is 6.23. The molecular weight excluding hydrogens is 320 g/mol. The second kappa shape index (κ2) is 7.79. The zero-order valence-corrected chi connectivity index (χ0v) is 14.5. The summed E-state index contributed by atoms with van der Waals surface area (Å²) < 4.78 is 5.86. The van der Waals surface area contributed by atoms with Crippen molar-refractivity contribution >= 4 is 11.8 Å². The molecular formula is C23H20N2O. The molecule has 0 aliphatic carbocycles. The number of para-hydroxylation sites is 1. The van der Waals surface area contributed by atoms with Gasteiger partial charge in [0.05, 0.1) is 5.71 Å². The van der Waals surface area contributed by atoms with Crippen LogP contribution >= 0.6 is 0 Å². The Kier molecular flexibility index (Phi) is 4.88. The van der Waals surface area contributed by atoms with Gasteiger partial charge in [-0.25, -0.2) is 0 Å². The van der Waals surface area contributed by atoms with E-state index in [0.29, 0.717) is 0 Å². The summed E-state index contributed by atoms with van der Waals surface area (Å²) in [6, 6.07) is 22.0. The fraction of sp³-hybridized carbons (Fsp3) is 0.130. The second-order valence-electron chi connectivity index (χ2n) is 6.23. The van der Waals surface area contributed by atoms with E-state index >= 15 is 0 Å². The average molecular weight is 340 g/mol. The van der Waals surface area contributed by atoms with Gasteiger partial charge in [-0.05, 0) is 66.5 Å². The molecule has 0 fully saturated rings. The van der Waals surface area contributed by atoms with Crippen LogP contribution in [0.1, 0.15) is 24.0 Å². The summed E-state index contributed by atoms with van der Waals surface area (Å²) in [7, 11) is 0. The van der Waals surface area contributed by atoms with Gasteiger partial charge in [0.1, 0.15) is 11.5 Å². The van der Waals surface area contributed by atoms with E-state index in [-0.39, 0.29) is 0 Å². The van der Waals surface area contributed by atoms with Crippen molar-refractivity contribution in [3.8, 4) is 11.5 Å². The van der Waals surface area contributed by atoms with Gasteiger partial charge < -0.3 is 4.74 Å². The van der Waals surface area contributed by atoms with Crippen LogP contribution in [0.25, 0.3) is 6.08 Å². The van der Waals surface area contributed by atoms with Crippen molar-refractivity contribution < 1.29 is 4.74 Å². The number of aliphatic imine (C=N–C) groups is 1. The molecule has 3 nitrogen and oxygen atoms in total. The molecule has 3 aromatic rings. The molecule has 0 saturated heterocycles. The average Bonchev–Trinajstić information content (AvgIpc) is 2.71. The molecule has 26 heavy (non-hydrogen) atoms.